The predicted octanol–water partition coefficient (Wildman–Crippen LogP) is 4.73. The minimum atomic E-state index is -4.98. The Labute approximate surface area is 190 Å². The molecule has 1 N–H and O–H groups in total. The second-order valence-electron chi connectivity index (χ2n) is 7.10. The van der Waals surface area contributed by atoms with Crippen molar-refractivity contribution in [2.24, 2.45) is 0 Å². The smallest absolute Gasteiger partial charge is 0.374 e. The molecule has 0 fully saturated rings. The first-order valence-corrected chi connectivity index (χ1v) is 12.9. The van der Waals surface area contributed by atoms with E-state index in [0.29, 0.717) is 38.5 Å². The van der Waals surface area contributed by atoms with Crippen molar-refractivity contribution >= 4 is 31.4 Å². The van der Waals surface area contributed by atoms with Gasteiger partial charge in [0.2, 0.25) is 6.10 Å². The van der Waals surface area contributed by atoms with Crippen LogP contribution in [-0.2, 0) is 37.2 Å². The Morgan fingerprint density at radius 3 is 1.97 bits per heavy atom. The molecular formula is C20H38ClO9P. The van der Waals surface area contributed by atoms with E-state index in [9.17, 15) is 19.0 Å². The molecule has 0 saturated carbocycles. The molecular weight excluding hydrogens is 451 g/mol. The van der Waals surface area contributed by atoms with E-state index in [1.165, 1.54) is 0 Å². The van der Waals surface area contributed by atoms with Crippen molar-refractivity contribution in [3.8, 4) is 0 Å². The van der Waals surface area contributed by atoms with E-state index in [-0.39, 0.29) is 26.4 Å². The first kappa shape index (κ1) is 30.3. The standard InChI is InChI=1S/C20H38ClO9P/c1-5-9-13-26-17(18(22)27-14-10-6-2)20(19(23)30-21,28-15-11-7-3)31(24,25)29-16-12-8-4/h17H,5-16H2,1-4H3,(H,24,25). The molecule has 0 aliphatic rings. The van der Waals surface area contributed by atoms with Crippen molar-refractivity contribution in [3.05, 3.63) is 0 Å². The van der Waals surface area contributed by atoms with Gasteiger partial charge in [-0.1, -0.05) is 53.4 Å². The Bertz CT molecular complexity index is 561. The fraction of sp³-hybridized carbons (Fsp3) is 0.900. The van der Waals surface area contributed by atoms with Crippen LogP contribution in [0.25, 0.3) is 0 Å². The van der Waals surface area contributed by atoms with Crippen molar-refractivity contribution in [1.29, 1.82) is 0 Å². The number of carbonyl (C=O) groups excluding carboxylic acids is 2. The molecule has 0 aliphatic carbocycles. The number of esters is 1. The number of hydrogen-bond donors (Lipinski definition) is 1. The molecule has 0 radical (unpaired) electrons. The first-order valence-electron chi connectivity index (χ1n) is 11.0. The lowest BCUT2D eigenvalue weighted by molar-refractivity contribution is -0.189. The van der Waals surface area contributed by atoms with Gasteiger partial charge in [0.15, 0.2) is 0 Å². The van der Waals surface area contributed by atoms with Crippen molar-refractivity contribution < 1.29 is 42.1 Å². The molecule has 0 saturated heterocycles. The van der Waals surface area contributed by atoms with Crippen LogP contribution >= 0.6 is 19.5 Å². The van der Waals surface area contributed by atoms with Crippen molar-refractivity contribution in [2.45, 2.75) is 90.5 Å². The molecule has 0 aliphatic heterocycles. The van der Waals surface area contributed by atoms with Crippen LogP contribution in [-0.4, -0.2) is 54.7 Å². The molecule has 11 heteroatoms. The Kier molecular flexibility index (Phi) is 16.5. The van der Waals surface area contributed by atoms with Gasteiger partial charge in [0, 0.05) is 13.2 Å². The van der Waals surface area contributed by atoms with E-state index < -0.39 is 31.0 Å². The summed E-state index contributed by atoms with van der Waals surface area (Å²) in [5, 5.41) is -2.81. The summed E-state index contributed by atoms with van der Waals surface area (Å²) < 4.78 is 39.3. The molecule has 0 amide bonds. The fourth-order valence-corrected chi connectivity index (χ4v) is 4.27. The summed E-state index contributed by atoms with van der Waals surface area (Å²) in [4.78, 5) is 36.6. The minimum Gasteiger partial charge on any atom is -0.464 e. The highest BCUT2D eigenvalue weighted by Crippen LogP contribution is 2.59. The third kappa shape index (κ3) is 9.36. The number of halogens is 1. The second-order valence-corrected chi connectivity index (χ2v) is 9.21. The van der Waals surface area contributed by atoms with E-state index in [1.807, 2.05) is 27.7 Å². The zero-order chi connectivity index (χ0) is 23.8. The quantitative estimate of drug-likeness (QED) is 0.156. The van der Waals surface area contributed by atoms with Crippen LogP contribution < -0.4 is 0 Å². The Balaban J connectivity index is 6.31. The van der Waals surface area contributed by atoms with Crippen LogP contribution in [0.3, 0.4) is 0 Å². The number of rotatable bonds is 19. The lowest BCUT2D eigenvalue weighted by atomic mass is 10.1. The van der Waals surface area contributed by atoms with Gasteiger partial charge in [-0.15, -0.1) is 0 Å². The highest BCUT2D eigenvalue weighted by molar-refractivity contribution is 7.55. The first-order chi connectivity index (χ1) is 14.8. The molecule has 31 heavy (non-hydrogen) atoms. The van der Waals surface area contributed by atoms with Gasteiger partial charge in [-0.25, -0.2) is 9.59 Å². The monoisotopic (exact) mass is 488 g/mol. The SMILES string of the molecule is CCCCOC(=O)C(OCCCC)C(OCCCC)(C(=O)OCl)P(=O)(O)OCCCC. The zero-order valence-corrected chi connectivity index (χ0v) is 20.8. The third-order valence-electron chi connectivity index (χ3n) is 4.46. The Morgan fingerprint density at radius 2 is 1.42 bits per heavy atom. The summed E-state index contributed by atoms with van der Waals surface area (Å²) in [7, 11) is -4.98. The summed E-state index contributed by atoms with van der Waals surface area (Å²) >= 11 is 5.33. The minimum absolute atomic E-state index is 0.0213. The summed E-state index contributed by atoms with van der Waals surface area (Å²) in [6.07, 6.45) is 2.94. The van der Waals surface area contributed by atoms with Crippen molar-refractivity contribution in [2.75, 3.05) is 26.4 Å². The molecule has 0 heterocycles. The van der Waals surface area contributed by atoms with Gasteiger partial charge in [0.25, 0.3) is 0 Å². The van der Waals surface area contributed by atoms with Gasteiger partial charge in [0.05, 0.1) is 13.2 Å². The molecule has 3 unspecified atom stereocenters. The number of hydrogen-bond acceptors (Lipinski definition) is 8. The maximum atomic E-state index is 13.4. The summed E-state index contributed by atoms with van der Waals surface area (Å²) in [5.41, 5.74) is 0. The van der Waals surface area contributed by atoms with Gasteiger partial charge in [-0.05, 0) is 25.7 Å². The molecule has 184 valence electrons. The molecule has 0 aromatic carbocycles. The third-order valence-corrected chi connectivity index (χ3v) is 6.52. The molecule has 0 rings (SSSR count). The van der Waals surface area contributed by atoms with Crippen molar-refractivity contribution in [3.63, 3.8) is 0 Å². The molecule has 0 aromatic rings. The molecule has 0 bridgehead atoms. The average Bonchev–Trinajstić information content (AvgIpc) is 2.74. The van der Waals surface area contributed by atoms with Crippen LogP contribution in [0.15, 0.2) is 0 Å². The number of ether oxygens (including phenoxy) is 3. The fourth-order valence-electron chi connectivity index (χ4n) is 2.52. The predicted molar refractivity (Wildman–Crippen MR) is 117 cm³/mol. The lowest BCUT2D eigenvalue weighted by Gasteiger charge is -2.37. The number of carbonyl (C=O) groups is 2. The maximum Gasteiger partial charge on any atom is 0.374 e. The average molecular weight is 489 g/mol. The lowest BCUT2D eigenvalue weighted by Crippen LogP contribution is -2.57. The van der Waals surface area contributed by atoms with Crippen LogP contribution in [0.1, 0.15) is 79.1 Å². The highest BCUT2D eigenvalue weighted by atomic mass is 35.5. The highest BCUT2D eigenvalue weighted by Gasteiger charge is 2.67. The van der Waals surface area contributed by atoms with Gasteiger partial charge in [-0.2, -0.15) is 0 Å². The molecule has 3 atom stereocenters. The Hall–Kier alpha value is -0.700. The van der Waals surface area contributed by atoms with Crippen LogP contribution in [0.2, 0.25) is 0 Å². The number of unbranched alkanes of at least 4 members (excludes halogenated alkanes) is 4. The normalized spacial score (nSPS) is 16.2. The Morgan fingerprint density at radius 1 is 0.903 bits per heavy atom. The van der Waals surface area contributed by atoms with E-state index in [1.54, 1.807) is 0 Å². The second kappa shape index (κ2) is 16.9. The zero-order valence-electron chi connectivity index (χ0n) is 19.1. The summed E-state index contributed by atoms with van der Waals surface area (Å²) in [6, 6.07) is 0. The van der Waals surface area contributed by atoms with Gasteiger partial charge < -0.3 is 27.9 Å². The molecule has 0 aromatic heterocycles. The summed E-state index contributed by atoms with van der Waals surface area (Å²) in [6.45, 7) is 7.37. The van der Waals surface area contributed by atoms with Crippen LogP contribution in [0.5, 0.6) is 0 Å². The molecule has 9 nitrogen and oxygen atoms in total. The molecule has 0 spiro atoms. The van der Waals surface area contributed by atoms with E-state index in [2.05, 4.69) is 4.29 Å². The largest absolute Gasteiger partial charge is 0.464 e. The van der Waals surface area contributed by atoms with E-state index >= 15 is 0 Å². The van der Waals surface area contributed by atoms with Gasteiger partial charge in [-0.3, -0.25) is 4.57 Å². The topological polar surface area (TPSA) is 118 Å². The van der Waals surface area contributed by atoms with E-state index in [4.69, 9.17) is 30.6 Å². The van der Waals surface area contributed by atoms with E-state index in [0.717, 1.165) is 12.8 Å². The summed E-state index contributed by atoms with van der Waals surface area (Å²) in [5.74, 6) is -2.46. The van der Waals surface area contributed by atoms with Crippen LogP contribution in [0.4, 0.5) is 0 Å². The maximum absolute atomic E-state index is 13.4. The van der Waals surface area contributed by atoms with Gasteiger partial charge >= 0.3 is 24.9 Å². The van der Waals surface area contributed by atoms with Gasteiger partial charge in [0.1, 0.15) is 11.9 Å². The van der Waals surface area contributed by atoms with Crippen molar-refractivity contribution in [1.82, 2.24) is 0 Å². The van der Waals surface area contributed by atoms with Crippen LogP contribution in [0, 0.1) is 0 Å².